The molecule has 0 aliphatic carbocycles. The molecule has 36 heavy (non-hydrogen) atoms. The number of esters is 2. The molecule has 0 saturated heterocycles. The number of carbonyl (C=O) groups is 3. The Labute approximate surface area is 213 Å². The highest BCUT2D eigenvalue weighted by Gasteiger charge is 2.43. The second-order valence-corrected chi connectivity index (χ2v) is 12.6. The number of sulfonamides is 2. The van der Waals surface area contributed by atoms with Crippen LogP contribution in [0.3, 0.4) is 0 Å². The number of primary sulfonamides is 1. The van der Waals surface area contributed by atoms with Crippen molar-refractivity contribution in [1.29, 1.82) is 0 Å². The summed E-state index contributed by atoms with van der Waals surface area (Å²) in [7, 11) is -6.82. The van der Waals surface area contributed by atoms with Gasteiger partial charge in [0.25, 0.3) is 10.0 Å². The van der Waals surface area contributed by atoms with Crippen molar-refractivity contribution in [1.82, 2.24) is 9.21 Å². The fraction of sp³-hybridized carbons (Fsp3) is 0.632. The lowest BCUT2D eigenvalue weighted by Crippen LogP contribution is -2.48. The van der Waals surface area contributed by atoms with Crippen LogP contribution in [-0.2, 0) is 48.6 Å². The van der Waals surface area contributed by atoms with E-state index in [4.69, 9.17) is 19.3 Å². The van der Waals surface area contributed by atoms with Gasteiger partial charge in [-0.3, -0.25) is 9.69 Å². The van der Waals surface area contributed by atoms with Gasteiger partial charge in [-0.2, -0.15) is 4.31 Å². The number of amides is 1. The maximum atomic E-state index is 13.2. The van der Waals surface area contributed by atoms with E-state index in [0.717, 1.165) is 17.3 Å². The minimum absolute atomic E-state index is 0.0452. The number of methoxy groups -OCH3 is 1. The van der Waals surface area contributed by atoms with Gasteiger partial charge in [-0.05, 0) is 19.4 Å². The molecule has 2 heterocycles. The fourth-order valence-electron chi connectivity index (χ4n) is 3.40. The van der Waals surface area contributed by atoms with Gasteiger partial charge < -0.3 is 18.9 Å². The van der Waals surface area contributed by atoms with E-state index in [-0.39, 0.29) is 40.2 Å². The van der Waals surface area contributed by atoms with Crippen molar-refractivity contribution in [3.63, 3.8) is 0 Å². The molecule has 0 saturated carbocycles. The van der Waals surface area contributed by atoms with Crippen LogP contribution in [0.1, 0.15) is 38.8 Å². The van der Waals surface area contributed by atoms with Gasteiger partial charge in [0, 0.05) is 52.8 Å². The Morgan fingerprint density at radius 2 is 1.97 bits per heavy atom. The molecule has 1 aromatic rings. The van der Waals surface area contributed by atoms with Crippen LogP contribution in [-0.4, -0.2) is 90.3 Å². The zero-order valence-electron chi connectivity index (χ0n) is 20.2. The van der Waals surface area contributed by atoms with Crippen molar-refractivity contribution in [2.45, 2.75) is 47.9 Å². The van der Waals surface area contributed by atoms with Crippen molar-refractivity contribution >= 4 is 49.4 Å². The molecular formula is C19H29N3O11S3. The number of carbonyl (C=O) groups excluding carboxylic acids is 3. The zero-order valence-corrected chi connectivity index (χ0v) is 22.6. The number of thiophene rings is 1. The third kappa shape index (κ3) is 7.36. The SMILES string of the molecule is CCN(C(=O)OC(C)OC(=O)COC(C)=O)[C@H]1CN(CCCOC)S(=O)(=O)c2sc(S(N)(=O)=O)cc21. The molecule has 0 radical (unpaired) electrons. The lowest BCUT2D eigenvalue weighted by Gasteiger charge is -2.38. The van der Waals surface area contributed by atoms with Crippen LogP contribution < -0.4 is 5.14 Å². The van der Waals surface area contributed by atoms with Crippen LogP contribution in [0.25, 0.3) is 0 Å². The molecule has 17 heteroatoms. The van der Waals surface area contributed by atoms with Crippen LogP contribution in [0.5, 0.6) is 0 Å². The monoisotopic (exact) mass is 571 g/mol. The Morgan fingerprint density at radius 3 is 2.53 bits per heavy atom. The minimum atomic E-state index is -4.22. The van der Waals surface area contributed by atoms with Gasteiger partial charge in [-0.15, -0.1) is 11.3 Å². The van der Waals surface area contributed by atoms with E-state index in [1.54, 1.807) is 6.92 Å². The van der Waals surface area contributed by atoms with E-state index in [1.807, 2.05) is 0 Å². The van der Waals surface area contributed by atoms with E-state index in [1.165, 1.54) is 18.9 Å². The van der Waals surface area contributed by atoms with Gasteiger partial charge in [0.2, 0.25) is 16.3 Å². The summed E-state index contributed by atoms with van der Waals surface area (Å²) in [5.74, 6) is -1.64. The van der Waals surface area contributed by atoms with Crippen molar-refractivity contribution in [3.8, 4) is 0 Å². The number of nitrogens with zero attached hydrogens (tertiary/aromatic N) is 2. The normalized spacial score (nSPS) is 18.1. The molecule has 2 atom stereocenters. The molecule has 204 valence electrons. The summed E-state index contributed by atoms with van der Waals surface area (Å²) in [6, 6.07) is 0.224. The Morgan fingerprint density at radius 1 is 1.31 bits per heavy atom. The van der Waals surface area contributed by atoms with E-state index < -0.39 is 57.0 Å². The molecule has 0 bridgehead atoms. The molecule has 0 aromatic carbocycles. The number of fused-ring (bicyclic) bond motifs is 1. The molecule has 14 nitrogen and oxygen atoms in total. The minimum Gasteiger partial charge on any atom is -0.454 e. The Kier molecular flexibility index (Phi) is 10.2. The number of hydrogen-bond donors (Lipinski definition) is 1. The first-order valence-corrected chi connectivity index (χ1v) is 14.5. The van der Waals surface area contributed by atoms with Gasteiger partial charge in [-0.1, -0.05) is 0 Å². The van der Waals surface area contributed by atoms with Crippen LogP contribution in [0.4, 0.5) is 4.79 Å². The molecule has 0 spiro atoms. The van der Waals surface area contributed by atoms with Crippen molar-refractivity contribution in [2.75, 3.05) is 40.0 Å². The Balaban J connectivity index is 2.34. The Hall–Kier alpha value is -2.31. The zero-order chi connectivity index (χ0) is 27.3. The molecule has 2 rings (SSSR count). The first-order chi connectivity index (χ1) is 16.7. The molecule has 1 aliphatic heterocycles. The molecule has 1 aromatic heterocycles. The van der Waals surface area contributed by atoms with Crippen molar-refractivity contribution in [2.24, 2.45) is 5.14 Å². The maximum absolute atomic E-state index is 13.2. The summed E-state index contributed by atoms with van der Waals surface area (Å²) < 4.78 is 70.4. The third-order valence-electron chi connectivity index (χ3n) is 4.96. The average molecular weight is 572 g/mol. The topological polar surface area (TPSA) is 189 Å². The molecule has 2 N–H and O–H groups in total. The average Bonchev–Trinajstić information content (AvgIpc) is 3.23. The highest BCUT2D eigenvalue weighted by atomic mass is 32.3. The largest absolute Gasteiger partial charge is 0.454 e. The van der Waals surface area contributed by atoms with Gasteiger partial charge >= 0.3 is 18.0 Å². The first-order valence-electron chi connectivity index (χ1n) is 10.7. The van der Waals surface area contributed by atoms with E-state index in [0.29, 0.717) is 17.8 Å². The summed E-state index contributed by atoms with van der Waals surface area (Å²) in [4.78, 5) is 36.7. The second-order valence-electron chi connectivity index (χ2n) is 7.59. The fourth-order valence-corrected chi connectivity index (χ4v) is 7.69. The second kappa shape index (κ2) is 12.3. The number of rotatable bonds is 11. The summed E-state index contributed by atoms with van der Waals surface area (Å²) in [5, 5.41) is 5.23. The van der Waals surface area contributed by atoms with Crippen LogP contribution >= 0.6 is 11.3 Å². The van der Waals surface area contributed by atoms with Crippen molar-refractivity contribution < 1.29 is 50.2 Å². The Bertz CT molecular complexity index is 1180. The standard InChI is InChI=1S/C19H29N3O11S3/c1-5-22(19(25)33-13(3)32-16(24)11-31-12(2)23)15-10-21(7-6-8-30-4)36(28,29)18-14(15)9-17(34-18)35(20,26)27/h9,13,15H,5-8,10-11H2,1-4H3,(H2,20,26,27)/t13?,15-/m0/s1. The number of ether oxygens (including phenoxy) is 4. The van der Waals surface area contributed by atoms with Crippen molar-refractivity contribution in [3.05, 3.63) is 11.6 Å². The number of nitrogens with two attached hydrogens (primary N) is 1. The third-order valence-corrected chi connectivity index (χ3v) is 9.92. The highest BCUT2D eigenvalue weighted by Crippen LogP contribution is 2.42. The first kappa shape index (κ1) is 29.9. The summed E-state index contributed by atoms with van der Waals surface area (Å²) >= 11 is 0.502. The van der Waals surface area contributed by atoms with E-state index in [9.17, 15) is 31.2 Å². The predicted molar refractivity (Wildman–Crippen MR) is 125 cm³/mol. The lowest BCUT2D eigenvalue weighted by molar-refractivity contribution is -0.174. The highest BCUT2D eigenvalue weighted by molar-refractivity contribution is 7.94. The van der Waals surface area contributed by atoms with Gasteiger partial charge in [0.05, 0.1) is 6.04 Å². The number of likely N-dealkylation sites (N-methyl/N-ethyl adjacent to an activating group) is 1. The maximum Gasteiger partial charge on any atom is 0.413 e. The molecule has 1 aliphatic rings. The number of hydrogen-bond acceptors (Lipinski definition) is 12. The van der Waals surface area contributed by atoms with Crippen LogP contribution in [0, 0.1) is 0 Å². The summed E-state index contributed by atoms with van der Waals surface area (Å²) in [6.45, 7) is 3.54. The van der Waals surface area contributed by atoms with E-state index >= 15 is 0 Å². The van der Waals surface area contributed by atoms with Gasteiger partial charge in [0.15, 0.2) is 6.61 Å². The van der Waals surface area contributed by atoms with Crippen LogP contribution in [0.15, 0.2) is 14.5 Å². The van der Waals surface area contributed by atoms with Crippen LogP contribution in [0.2, 0.25) is 0 Å². The molecule has 1 amide bonds. The molecule has 0 fully saturated rings. The smallest absolute Gasteiger partial charge is 0.413 e. The predicted octanol–water partition coefficient (Wildman–Crippen LogP) is 0.388. The summed E-state index contributed by atoms with van der Waals surface area (Å²) in [5.41, 5.74) is 0.0883. The quantitative estimate of drug-likeness (QED) is 0.220. The lowest BCUT2D eigenvalue weighted by atomic mass is 10.1. The van der Waals surface area contributed by atoms with Gasteiger partial charge in [-0.25, -0.2) is 31.6 Å². The molecule has 1 unspecified atom stereocenters. The molecular weight excluding hydrogens is 542 g/mol. The van der Waals surface area contributed by atoms with E-state index in [2.05, 4.69) is 4.74 Å². The summed E-state index contributed by atoms with van der Waals surface area (Å²) in [6.07, 6.45) is -1.95. The van der Waals surface area contributed by atoms with Gasteiger partial charge in [0.1, 0.15) is 8.42 Å².